The van der Waals surface area contributed by atoms with Crippen molar-refractivity contribution in [3.05, 3.63) is 82.6 Å². The summed E-state index contributed by atoms with van der Waals surface area (Å²) >= 11 is 6.35. The van der Waals surface area contributed by atoms with Crippen molar-refractivity contribution >= 4 is 23.3 Å². The van der Waals surface area contributed by atoms with Gasteiger partial charge in [0, 0.05) is 12.1 Å². The van der Waals surface area contributed by atoms with E-state index in [1.807, 2.05) is 0 Å². The van der Waals surface area contributed by atoms with E-state index in [2.05, 4.69) is 10.2 Å². The number of aliphatic hydroxyl groups excluding tert-OH is 1. The Morgan fingerprint density at radius 2 is 1.65 bits per heavy atom. The van der Waals surface area contributed by atoms with E-state index in [-0.39, 0.29) is 11.4 Å². The van der Waals surface area contributed by atoms with E-state index in [4.69, 9.17) is 21.1 Å². The van der Waals surface area contributed by atoms with Crippen molar-refractivity contribution in [2.75, 3.05) is 32.8 Å². The summed E-state index contributed by atoms with van der Waals surface area (Å²) in [4.78, 5) is 28.0. The van der Waals surface area contributed by atoms with Crippen LogP contribution in [0.1, 0.15) is 28.4 Å². The number of aliphatic hydroxyl groups is 1. The monoisotopic (exact) mass is 524 g/mol. The van der Waals surface area contributed by atoms with Gasteiger partial charge in [-0.1, -0.05) is 48.0 Å². The van der Waals surface area contributed by atoms with Crippen LogP contribution in [0, 0.1) is 5.82 Å². The molecule has 0 aromatic heterocycles. The van der Waals surface area contributed by atoms with E-state index in [9.17, 15) is 19.1 Å². The number of Topliss-reactive ketones (excluding diaryl/α,β-unsaturated/α-hetero) is 1. The van der Waals surface area contributed by atoms with E-state index < -0.39 is 23.8 Å². The van der Waals surface area contributed by atoms with Crippen LogP contribution in [-0.4, -0.2) is 60.6 Å². The van der Waals surface area contributed by atoms with Gasteiger partial charge in [-0.3, -0.25) is 9.59 Å². The van der Waals surface area contributed by atoms with Crippen molar-refractivity contribution in [2.45, 2.75) is 18.6 Å². The fourth-order valence-electron chi connectivity index (χ4n) is 4.42. The van der Waals surface area contributed by atoms with E-state index in [0.717, 1.165) is 30.6 Å². The molecule has 0 spiro atoms. The summed E-state index contributed by atoms with van der Waals surface area (Å²) in [5.41, 5.74) is 2.25. The second kappa shape index (κ2) is 10.9. The number of ketones is 1. The van der Waals surface area contributed by atoms with Crippen LogP contribution < -0.4 is 14.8 Å². The van der Waals surface area contributed by atoms with Gasteiger partial charge in [-0.25, -0.2) is 4.39 Å². The standard InChI is InChI=1S/C28H26ClFN2O5/c29-22-14-20(15-24-27(22)37-13-12-36-24)25(33)23(16-32-10-1-11-32)31-28(35)26(34)19-4-2-17(3-5-19)18-6-8-21(30)9-7-18/h2-9,14-15,23,25,33H,1,10-13,16H2,(H,31,35)/t23-,25-/m1/s1. The first kappa shape index (κ1) is 25.2. The van der Waals surface area contributed by atoms with Crippen LogP contribution in [0.25, 0.3) is 11.1 Å². The number of halogens is 2. The average molecular weight is 525 g/mol. The van der Waals surface area contributed by atoms with Crippen molar-refractivity contribution in [1.29, 1.82) is 0 Å². The molecular weight excluding hydrogens is 499 g/mol. The molecule has 1 fully saturated rings. The minimum absolute atomic E-state index is 0.211. The highest BCUT2D eigenvalue weighted by atomic mass is 35.5. The molecule has 2 aliphatic rings. The number of fused-ring (bicyclic) bond motifs is 1. The molecule has 7 nitrogen and oxygen atoms in total. The number of carbonyl (C=O) groups excluding carboxylic acids is 2. The molecule has 2 heterocycles. The topological polar surface area (TPSA) is 88.1 Å². The van der Waals surface area contributed by atoms with Gasteiger partial charge in [-0.15, -0.1) is 0 Å². The Labute approximate surface area is 218 Å². The molecule has 37 heavy (non-hydrogen) atoms. The number of hydrogen-bond donors (Lipinski definition) is 2. The van der Waals surface area contributed by atoms with E-state index in [1.165, 1.54) is 12.1 Å². The first-order chi connectivity index (χ1) is 17.9. The Kier molecular flexibility index (Phi) is 7.41. The summed E-state index contributed by atoms with van der Waals surface area (Å²) in [5, 5.41) is 14.3. The third-order valence-electron chi connectivity index (χ3n) is 6.59. The third kappa shape index (κ3) is 5.61. The van der Waals surface area contributed by atoms with Crippen LogP contribution in [0.5, 0.6) is 11.5 Å². The largest absolute Gasteiger partial charge is 0.486 e. The number of ether oxygens (including phenoxy) is 2. The van der Waals surface area contributed by atoms with Gasteiger partial charge in [0.25, 0.3) is 5.91 Å². The molecule has 3 aromatic carbocycles. The quantitative estimate of drug-likeness (QED) is 0.342. The van der Waals surface area contributed by atoms with Crippen molar-refractivity contribution in [3.8, 4) is 22.6 Å². The number of benzene rings is 3. The summed E-state index contributed by atoms with van der Waals surface area (Å²) in [5.74, 6) is -1.01. The van der Waals surface area contributed by atoms with Crippen molar-refractivity contribution in [3.63, 3.8) is 0 Å². The maximum atomic E-state index is 13.2. The summed E-state index contributed by atoms with van der Waals surface area (Å²) in [6, 6.07) is 15.0. The molecule has 2 atom stereocenters. The lowest BCUT2D eigenvalue weighted by molar-refractivity contribution is -0.118. The van der Waals surface area contributed by atoms with Gasteiger partial charge < -0.3 is 24.8 Å². The number of carbonyl (C=O) groups is 2. The average Bonchev–Trinajstić information content (AvgIpc) is 2.89. The molecular formula is C28H26ClFN2O5. The molecule has 1 amide bonds. The zero-order valence-corrected chi connectivity index (χ0v) is 20.7. The highest BCUT2D eigenvalue weighted by Gasteiger charge is 2.31. The fraction of sp³-hybridized carbons (Fsp3) is 0.286. The molecule has 0 bridgehead atoms. The lowest BCUT2D eigenvalue weighted by Gasteiger charge is -2.36. The van der Waals surface area contributed by atoms with Crippen LogP contribution in [0.2, 0.25) is 5.02 Å². The van der Waals surface area contributed by atoms with Crippen LogP contribution in [0.3, 0.4) is 0 Å². The summed E-state index contributed by atoms with van der Waals surface area (Å²) in [7, 11) is 0. The SMILES string of the molecule is O=C(N[C@H](CN1CCC1)[C@H](O)c1cc(Cl)c2c(c1)OCCO2)C(=O)c1ccc(-c2ccc(F)cc2)cc1. The summed E-state index contributed by atoms with van der Waals surface area (Å²) < 4.78 is 24.4. The Morgan fingerprint density at radius 3 is 2.30 bits per heavy atom. The summed E-state index contributed by atoms with van der Waals surface area (Å²) in [6.07, 6.45) is -0.0992. The highest BCUT2D eigenvalue weighted by Crippen LogP contribution is 2.40. The first-order valence-electron chi connectivity index (χ1n) is 12.1. The molecule has 0 aliphatic carbocycles. The fourth-order valence-corrected chi connectivity index (χ4v) is 4.70. The van der Waals surface area contributed by atoms with Crippen LogP contribution in [0.15, 0.2) is 60.7 Å². The maximum absolute atomic E-state index is 13.2. The summed E-state index contributed by atoms with van der Waals surface area (Å²) in [6.45, 7) is 2.82. The predicted octanol–water partition coefficient (Wildman–Crippen LogP) is 4.02. The second-order valence-electron chi connectivity index (χ2n) is 9.12. The Bertz CT molecular complexity index is 1300. The van der Waals surface area contributed by atoms with Crippen LogP contribution in [-0.2, 0) is 4.79 Å². The number of amides is 1. The second-order valence-corrected chi connectivity index (χ2v) is 9.53. The maximum Gasteiger partial charge on any atom is 0.292 e. The lowest BCUT2D eigenvalue weighted by atomic mass is 9.98. The number of nitrogens with zero attached hydrogens (tertiary/aromatic N) is 1. The van der Waals surface area contributed by atoms with Crippen LogP contribution >= 0.6 is 11.6 Å². The Balaban J connectivity index is 1.32. The molecule has 0 saturated carbocycles. The molecule has 5 rings (SSSR count). The van der Waals surface area contributed by atoms with Gasteiger partial charge in [-0.05, 0) is 60.5 Å². The smallest absolute Gasteiger partial charge is 0.292 e. The van der Waals surface area contributed by atoms with E-state index in [0.29, 0.717) is 41.8 Å². The molecule has 0 radical (unpaired) electrons. The molecule has 2 aliphatic heterocycles. The normalized spacial score (nSPS) is 16.4. The van der Waals surface area contributed by atoms with E-state index in [1.54, 1.807) is 48.5 Å². The van der Waals surface area contributed by atoms with Crippen molar-refractivity contribution in [2.24, 2.45) is 0 Å². The lowest BCUT2D eigenvalue weighted by Crippen LogP contribution is -2.52. The molecule has 2 N–H and O–H groups in total. The molecule has 0 unspecified atom stereocenters. The van der Waals surface area contributed by atoms with Crippen molar-refractivity contribution in [1.82, 2.24) is 10.2 Å². The first-order valence-corrected chi connectivity index (χ1v) is 12.5. The minimum Gasteiger partial charge on any atom is -0.486 e. The molecule has 3 aromatic rings. The van der Waals surface area contributed by atoms with Gasteiger partial charge in [0.05, 0.1) is 11.1 Å². The van der Waals surface area contributed by atoms with Gasteiger partial charge >= 0.3 is 0 Å². The molecule has 1 saturated heterocycles. The molecule has 9 heteroatoms. The highest BCUT2D eigenvalue weighted by molar-refractivity contribution is 6.42. The van der Waals surface area contributed by atoms with Crippen LogP contribution in [0.4, 0.5) is 4.39 Å². The van der Waals surface area contributed by atoms with Gasteiger partial charge in [0.2, 0.25) is 5.78 Å². The third-order valence-corrected chi connectivity index (χ3v) is 6.87. The van der Waals surface area contributed by atoms with Gasteiger partial charge in [0.1, 0.15) is 25.1 Å². The zero-order chi connectivity index (χ0) is 25.9. The molecule has 192 valence electrons. The number of hydrogen-bond acceptors (Lipinski definition) is 6. The number of rotatable bonds is 8. The Morgan fingerprint density at radius 1 is 1.00 bits per heavy atom. The predicted molar refractivity (Wildman–Crippen MR) is 137 cm³/mol. The zero-order valence-electron chi connectivity index (χ0n) is 20.0. The van der Waals surface area contributed by atoms with Gasteiger partial charge in [-0.2, -0.15) is 0 Å². The minimum atomic E-state index is -1.13. The van der Waals surface area contributed by atoms with Crippen molar-refractivity contribution < 1.29 is 28.6 Å². The number of nitrogens with one attached hydrogen (secondary N) is 1. The Hall–Kier alpha value is -3.46. The van der Waals surface area contributed by atoms with E-state index >= 15 is 0 Å². The number of likely N-dealkylation sites (tertiary alicyclic amines) is 1. The van der Waals surface area contributed by atoms with Gasteiger partial charge in [0.15, 0.2) is 11.5 Å².